The van der Waals surface area contributed by atoms with E-state index in [9.17, 15) is 13.2 Å². The molecule has 0 radical (unpaired) electrons. The van der Waals surface area contributed by atoms with Gasteiger partial charge in [-0.15, -0.1) is 0 Å². The van der Waals surface area contributed by atoms with Crippen LogP contribution >= 0.6 is 0 Å². The van der Waals surface area contributed by atoms with Crippen LogP contribution in [0, 0.1) is 0 Å². The predicted molar refractivity (Wildman–Crippen MR) is 53.3 cm³/mol. The molecule has 0 bridgehead atoms. The lowest BCUT2D eigenvalue weighted by atomic mass is 10.5. The van der Waals surface area contributed by atoms with Gasteiger partial charge in [-0.25, -0.2) is 8.42 Å². The van der Waals surface area contributed by atoms with Crippen LogP contribution in [0.1, 0.15) is 20.3 Å². The highest BCUT2D eigenvalue weighted by atomic mass is 32.2. The Hall–Kier alpha value is -0.620. The van der Waals surface area contributed by atoms with Gasteiger partial charge in [-0.2, -0.15) is 4.31 Å². The number of hydrogen-bond acceptors (Lipinski definition) is 4. The Morgan fingerprint density at radius 1 is 1.36 bits per heavy atom. The predicted octanol–water partition coefficient (Wildman–Crippen LogP) is 0.221. The third-order valence-corrected chi connectivity index (χ3v) is 3.59. The second-order valence-corrected chi connectivity index (χ2v) is 5.07. The third kappa shape index (κ3) is 4.06. The summed E-state index contributed by atoms with van der Waals surface area (Å²) >= 11 is 0. The molecule has 0 N–H and O–H groups in total. The van der Waals surface area contributed by atoms with E-state index < -0.39 is 16.0 Å². The van der Waals surface area contributed by atoms with Gasteiger partial charge in [-0.1, -0.05) is 6.92 Å². The molecule has 0 saturated carbocycles. The molecule has 6 heteroatoms. The quantitative estimate of drug-likeness (QED) is 0.604. The molecule has 0 aliphatic rings. The molecule has 0 unspecified atom stereocenters. The number of nitrogens with zero attached hydrogens (tertiary/aromatic N) is 1. The number of rotatable bonds is 6. The third-order valence-electron chi connectivity index (χ3n) is 1.76. The summed E-state index contributed by atoms with van der Waals surface area (Å²) < 4.78 is 28.5. The second-order valence-electron chi connectivity index (χ2n) is 2.81. The van der Waals surface area contributed by atoms with Crippen LogP contribution in [-0.4, -0.2) is 44.6 Å². The van der Waals surface area contributed by atoms with Crippen molar-refractivity contribution in [2.75, 3.05) is 26.0 Å². The summed E-state index contributed by atoms with van der Waals surface area (Å²) in [4.78, 5) is 10.9. The number of esters is 1. The maximum absolute atomic E-state index is 11.5. The Morgan fingerprint density at radius 2 is 1.93 bits per heavy atom. The lowest BCUT2D eigenvalue weighted by Gasteiger charge is -2.18. The second kappa shape index (κ2) is 5.98. The zero-order valence-electron chi connectivity index (χ0n) is 8.82. The monoisotopic (exact) mass is 223 g/mol. The van der Waals surface area contributed by atoms with Crippen molar-refractivity contribution < 1.29 is 17.9 Å². The van der Waals surface area contributed by atoms with E-state index in [1.54, 1.807) is 6.92 Å². The maximum Gasteiger partial charge on any atom is 0.321 e. The molecular formula is C8H17NO4S. The van der Waals surface area contributed by atoms with Crippen molar-refractivity contribution in [3.8, 4) is 0 Å². The minimum Gasteiger partial charge on any atom is -0.468 e. The number of carbonyl (C=O) groups is 1. The molecule has 0 rings (SSSR count). The summed E-state index contributed by atoms with van der Waals surface area (Å²) in [5.74, 6) is -0.528. The standard InChI is InChI=1S/C8H17NO4S/c1-4-6-9(7-8(10)13-3)14(11,12)5-2/h4-7H2,1-3H3. The van der Waals surface area contributed by atoms with E-state index >= 15 is 0 Å². The van der Waals surface area contributed by atoms with E-state index in [0.29, 0.717) is 13.0 Å². The van der Waals surface area contributed by atoms with Gasteiger partial charge in [0.1, 0.15) is 6.54 Å². The molecule has 0 heterocycles. The number of ether oxygens (including phenoxy) is 1. The molecule has 0 spiro atoms. The molecular weight excluding hydrogens is 206 g/mol. The van der Waals surface area contributed by atoms with Crippen molar-refractivity contribution >= 4 is 16.0 Å². The average Bonchev–Trinajstić information content (AvgIpc) is 2.17. The van der Waals surface area contributed by atoms with Gasteiger partial charge in [0.15, 0.2) is 0 Å². The van der Waals surface area contributed by atoms with Crippen molar-refractivity contribution in [2.24, 2.45) is 0 Å². The minimum absolute atomic E-state index is 0.00396. The fraction of sp³-hybridized carbons (Fsp3) is 0.875. The molecule has 14 heavy (non-hydrogen) atoms. The maximum atomic E-state index is 11.5. The summed E-state index contributed by atoms with van der Waals surface area (Å²) in [5.41, 5.74) is 0. The van der Waals surface area contributed by atoms with Gasteiger partial charge in [-0.3, -0.25) is 4.79 Å². The largest absolute Gasteiger partial charge is 0.468 e. The van der Waals surface area contributed by atoms with Crippen LogP contribution in [0.3, 0.4) is 0 Å². The number of hydrogen-bond donors (Lipinski definition) is 0. The van der Waals surface area contributed by atoms with E-state index in [-0.39, 0.29) is 12.3 Å². The smallest absolute Gasteiger partial charge is 0.321 e. The number of methoxy groups -OCH3 is 1. The summed E-state index contributed by atoms with van der Waals surface area (Å²) in [7, 11) is -2.05. The first-order valence-corrected chi connectivity index (χ1v) is 6.13. The summed E-state index contributed by atoms with van der Waals surface area (Å²) in [6.07, 6.45) is 0.677. The summed E-state index contributed by atoms with van der Waals surface area (Å²) in [5, 5.41) is 0. The average molecular weight is 223 g/mol. The van der Waals surface area contributed by atoms with E-state index in [1.807, 2.05) is 6.92 Å². The lowest BCUT2D eigenvalue weighted by molar-refractivity contribution is -0.140. The summed E-state index contributed by atoms with van der Waals surface area (Å²) in [6, 6.07) is 0. The Bertz CT molecular complexity index is 273. The van der Waals surface area contributed by atoms with Gasteiger partial charge in [0.25, 0.3) is 0 Å². The highest BCUT2D eigenvalue weighted by Gasteiger charge is 2.21. The van der Waals surface area contributed by atoms with E-state index in [0.717, 1.165) is 4.31 Å². The van der Waals surface area contributed by atoms with Crippen molar-refractivity contribution in [3.05, 3.63) is 0 Å². The fourth-order valence-electron chi connectivity index (χ4n) is 0.957. The molecule has 0 aromatic rings. The number of carbonyl (C=O) groups excluding carboxylic acids is 1. The van der Waals surface area contributed by atoms with Crippen LogP contribution in [0.2, 0.25) is 0 Å². The van der Waals surface area contributed by atoms with Crippen molar-refractivity contribution in [2.45, 2.75) is 20.3 Å². The summed E-state index contributed by atoms with van der Waals surface area (Å²) in [6.45, 7) is 3.57. The topological polar surface area (TPSA) is 63.7 Å². The van der Waals surface area contributed by atoms with Gasteiger partial charge in [0, 0.05) is 6.54 Å². The molecule has 5 nitrogen and oxygen atoms in total. The van der Waals surface area contributed by atoms with E-state index in [4.69, 9.17) is 0 Å². The minimum atomic E-state index is -3.30. The first-order valence-electron chi connectivity index (χ1n) is 4.52. The molecule has 0 aliphatic carbocycles. The Kier molecular flexibility index (Phi) is 5.71. The number of sulfonamides is 1. The first kappa shape index (κ1) is 13.4. The molecule has 84 valence electrons. The van der Waals surface area contributed by atoms with E-state index in [1.165, 1.54) is 7.11 Å². The molecule has 0 aliphatic heterocycles. The van der Waals surface area contributed by atoms with Crippen LogP contribution in [0.5, 0.6) is 0 Å². The molecule has 0 aromatic carbocycles. The molecule has 0 atom stereocenters. The van der Waals surface area contributed by atoms with Crippen LogP contribution in [0.4, 0.5) is 0 Å². The zero-order valence-corrected chi connectivity index (χ0v) is 9.63. The van der Waals surface area contributed by atoms with Gasteiger partial charge < -0.3 is 4.74 Å². The molecule has 0 saturated heterocycles. The fourth-order valence-corrected chi connectivity index (χ4v) is 2.09. The molecule has 0 aromatic heterocycles. The van der Waals surface area contributed by atoms with Crippen molar-refractivity contribution in [1.82, 2.24) is 4.31 Å². The normalized spacial score (nSPS) is 11.7. The van der Waals surface area contributed by atoms with Gasteiger partial charge in [0.05, 0.1) is 12.9 Å². The molecule has 0 fully saturated rings. The lowest BCUT2D eigenvalue weighted by Crippen LogP contribution is -2.37. The van der Waals surface area contributed by atoms with Gasteiger partial charge >= 0.3 is 5.97 Å². The Morgan fingerprint density at radius 3 is 2.29 bits per heavy atom. The Balaban J connectivity index is 4.52. The van der Waals surface area contributed by atoms with Crippen LogP contribution < -0.4 is 0 Å². The van der Waals surface area contributed by atoms with Crippen LogP contribution in [0.15, 0.2) is 0 Å². The van der Waals surface area contributed by atoms with Gasteiger partial charge in [0.2, 0.25) is 10.0 Å². The molecule has 0 amide bonds. The van der Waals surface area contributed by atoms with Crippen molar-refractivity contribution in [1.29, 1.82) is 0 Å². The zero-order chi connectivity index (χ0) is 11.2. The van der Waals surface area contributed by atoms with E-state index in [2.05, 4.69) is 4.74 Å². The van der Waals surface area contributed by atoms with Crippen molar-refractivity contribution in [3.63, 3.8) is 0 Å². The highest BCUT2D eigenvalue weighted by molar-refractivity contribution is 7.89. The van der Waals surface area contributed by atoms with Gasteiger partial charge in [-0.05, 0) is 13.3 Å². The first-order chi connectivity index (χ1) is 6.47. The van der Waals surface area contributed by atoms with Crippen LogP contribution in [0.25, 0.3) is 0 Å². The SMILES string of the molecule is CCCN(CC(=O)OC)S(=O)(=O)CC. The Labute approximate surface area is 85.1 Å². The van der Waals surface area contributed by atoms with Crippen LogP contribution in [-0.2, 0) is 19.6 Å². The highest BCUT2D eigenvalue weighted by Crippen LogP contribution is 2.02.